The molecule has 4 heterocycles. The molecule has 0 aromatic carbocycles. The van der Waals surface area contributed by atoms with Gasteiger partial charge in [0.05, 0.1) is 25.7 Å². The molecular formula is C15H28N3+. The Balaban J connectivity index is 1.57. The zero-order valence-corrected chi connectivity index (χ0v) is 11.6. The smallest absolute Gasteiger partial charge is 0.101 e. The first-order valence-electron chi connectivity index (χ1n) is 8.23. The maximum absolute atomic E-state index is 2.84. The number of rotatable bonds is 0. The highest BCUT2D eigenvalue weighted by Gasteiger charge is 2.40. The van der Waals surface area contributed by atoms with Crippen LogP contribution in [0.2, 0.25) is 0 Å². The Morgan fingerprint density at radius 2 is 1.56 bits per heavy atom. The predicted molar refractivity (Wildman–Crippen MR) is 72.9 cm³/mol. The lowest BCUT2D eigenvalue weighted by molar-refractivity contribution is -0.913. The molecule has 4 aliphatic rings. The van der Waals surface area contributed by atoms with E-state index in [-0.39, 0.29) is 0 Å². The molecule has 0 bridgehead atoms. The lowest BCUT2D eigenvalue weighted by atomic mass is 10.1. The number of nitrogens with zero attached hydrogens (tertiary/aromatic N) is 2. The van der Waals surface area contributed by atoms with Crippen molar-refractivity contribution in [2.24, 2.45) is 0 Å². The van der Waals surface area contributed by atoms with E-state index in [1.165, 1.54) is 77.8 Å². The lowest BCUT2D eigenvalue weighted by Gasteiger charge is -2.29. The molecule has 4 unspecified atom stereocenters. The van der Waals surface area contributed by atoms with Crippen molar-refractivity contribution in [1.29, 1.82) is 0 Å². The van der Waals surface area contributed by atoms with Gasteiger partial charge in [-0.15, -0.1) is 0 Å². The normalized spacial score (nSPS) is 46.0. The summed E-state index contributed by atoms with van der Waals surface area (Å²) in [7, 11) is 0. The van der Waals surface area contributed by atoms with Crippen LogP contribution in [0.4, 0.5) is 0 Å². The number of nitrogens with one attached hydrogen (secondary N) is 1. The minimum atomic E-state index is 0.894. The second-order valence-electron chi connectivity index (χ2n) is 7.03. The fourth-order valence-electron chi connectivity index (χ4n) is 5.04. The quantitative estimate of drug-likeness (QED) is 0.648. The number of hydrogen-bond acceptors (Lipinski definition) is 2. The number of quaternary nitrogens is 1. The zero-order chi connectivity index (χ0) is 11.9. The van der Waals surface area contributed by atoms with Gasteiger partial charge in [-0.2, -0.15) is 0 Å². The largest absolute Gasteiger partial charge is 0.330 e. The molecule has 102 valence electrons. The van der Waals surface area contributed by atoms with Crippen LogP contribution < -0.4 is 4.90 Å². The summed E-state index contributed by atoms with van der Waals surface area (Å²) in [5.74, 6) is 0. The van der Waals surface area contributed by atoms with Crippen molar-refractivity contribution in [3.63, 3.8) is 0 Å². The molecular weight excluding hydrogens is 222 g/mol. The molecule has 4 fully saturated rings. The zero-order valence-electron chi connectivity index (χ0n) is 11.6. The van der Waals surface area contributed by atoms with Crippen LogP contribution in [0.1, 0.15) is 38.5 Å². The molecule has 4 saturated heterocycles. The Bertz CT molecular complexity index is 235. The van der Waals surface area contributed by atoms with Crippen LogP contribution in [-0.4, -0.2) is 67.2 Å². The fraction of sp³-hybridized carbons (Fsp3) is 1.00. The summed E-state index contributed by atoms with van der Waals surface area (Å²) in [6, 6.07) is 2.78. The molecule has 0 aromatic rings. The van der Waals surface area contributed by atoms with E-state index in [4.69, 9.17) is 0 Å². The second-order valence-corrected chi connectivity index (χ2v) is 7.03. The van der Waals surface area contributed by atoms with E-state index in [1.807, 2.05) is 4.90 Å². The van der Waals surface area contributed by atoms with Gasteiger partial charge in [-0.25, -0.2) is 0 Å². The summed E-state index contributed by atoms with van der Waals surface area (Å²) in [5.41, 5.74) is 0. The van der Waals surface area contributed by atoms with Crippen molar-refractivity contribution in [3.05, 3.63) is 0 Å². The maximum Gasteiger partial charge on any atom is 0.101 e. The van der Waals surface area contributed by atoms with Gasteiger partial charge in [-0.1, -0.05) is 0 Å². The molecule has 0 aromatic heterocycles. The maximum atomic E-state index is 2.84. The van der Waals surface area contributed by atoms with Crippen molar-refractivity contribution in [2.75, 3.05) is 39.3 Å². The van der Waals surface area contributed by atoms with Crippen LogP contribution in [0.5, 0.6) is 0 Å². The Morgan fingerprint density at radius 3 is 2.44 bits per heavy atom. The highest BCUT2D eigenvalue weighted by Crippen LogP contribution is 2.25. The Morgan fingerprint density at radius 1 is 0.778 bits per heavy atom. The third kappa shape index (κ3) is 2.00. The standard InChI is InChI=1S/C15H27N3/c1-4-13-10-17-8-3-6-15(17)12-18-9-2-5-14(18)11-16(13)7-1/h13-15H,1-12H2/p+1. The highest BCUT2D eigenvalue weighted by molar-refractivity contribution is 4.89. The van der Waals surface area contributed by atoms with Gasteiger partial charge in [-0.05, 0) is 38.8 Å². The van der Waals surface area contributed by atoms with Gasteiger partial charge in [0.15, 0.2) is 0 Å². The van der Waals surface area contributed by atoms with Crippen molar-refractivity contribution in [2.45, 2.75) is 56.7 Å². The lowest BCUT2D eigenvalue weighted by Crippen LogP contribution is -3.15. The van der Waals surface area contributed by atoms with E-state index in [1.54, 1.807) is 0 Å². The second kappa shape index (κ2) is 4.77. The topological polar surface area (TPSA) is 10.9 Å². The average Bonchev–Trinajstić information content (AvgIpc) is 3.04. The van der Waals surface area contributed by atoms with Gasteiger partial charge in [0.1, 0.15) is 6.04 Å². The fourth-order valence-corrected chi connectivity index (χ4v) is 5.04. The molecule has 4 atom stereocenters. The van der Waals surface area contributed by atoms with Crippen LogP contribution in [-0.2, 0) is 0 Å². The molecule has 3 nitrogen and oxygen atoms in total. The Labute approximate surface area is 111 Å². The van der Waals surface area contributed by atoms with Gasteiger partial charge in [0.25, 0.3) is 0 Å². The molecule has 3 heteroatoms. The van der Waals surface area contributed by atoms with E-state index < -0.39 is 0 Å². The number of fused-ring (bicyclic) bond motifs is 3. The summed E-state index contributed by atoms with van der Waals surface area (Å²) in [6.07, 6.45) is 8.81. The summed E-state index contributed by atoms with van der Waals surface area (Å²) < 4.78 is 0. The molecule has 0 amide bonds. The van der Waals surface area contributed by atoms with E-state index in [2.05, 4.69) is 9.80 Å². The monoisotopic (exact) mass is 250 g/mol. The molecule has 18 heavy (non-hydrogen) atoms. The Kier molecular flexibility index (Phi) is 3.10. The highest BCUT2D eigenvalue weighted by atomic mass is 15.3. The van der Waals surface area contributed by atoms with Gasteiger partial charge in [0, 0.05) is 25.4 Å². The van der Waals surface area contributed by atoms with Gasteiger partial charge in [0.2, 0.25) is 0 Å². The van der Waals surface area contributed by atoms with Crippen molar-refractivity contribution >= 4 is 0 Å². The number of hydrogen-bond donors (Lipinski definition) is 1. The average molecular weight is 250 g/mol. The Hall–Kier alpha value is -0.120. The van der Waals surface area contributed by atoms with Crippen molar-refractivity contribution < 1.29 is 4.90 Å². The first kappa shape index (κ1) is 11.7. The van der Waals surface area contributed by atoms with E-state index in [0.717, 1.165) is 18.1 Å². The molecule has 4 aliphatic heterocycles. The van der Waals surface area contributed by atoms with Crippen LogP contribution in [0, 0.1) is 0 Å². The van der Waals surface area contributed by atoms with E-state index >= 15 is 0 Å². The van der Waals surface area contributed by atoms with Gasteiger partial charge < -0.3 is 4.90 Å². The first-order valence-corrected chi connectivity index (χ1v) is 8.23. The van der Waals surface area contributed by atoms with Crippen LogP contribution in [0.15, 0.2) is 0 Å². The molecule has 1 N–H and O–H groups in total. The minimum absolute atomic E-state index is 0.894. The third-order valence-corrected chi connectivity index (χ3v) is 6.02. The molecule has 0 radical (unpaired) electrons. The molecule has 0 spiro atoms. The summed E-state index contributed by atoms with van der Waals surface area (Å²) in [6.45, 7) is 8.45. The molecule has 0 saturated carbocycles. The summed E-state index contributed by atoms with van der Waals surface area (Å²) in [5, 5.41) is 0. The van der Waals surface area contributed by atoms with Crippen LogP contribution in [0.25, 0.3) is 0 Å². The van der Waals surface area contributed by atoms with Crippen LogP contribution in [0.3, 0.4) is 0 Å². The molecule has 4 rings (SSSR count). The molecule has 0 aliphatic carbocycles. The first-order chi connectivity index (χ1) is 8.90. The van der Waals surface area contributed by atoms with Gasteiger partial charge >= 0.3 is 0 Å². The summed E-state index contributed by atoms with van der Waals surface area (Å²) >= 11 is 0. The minimum Gasteiger partial charge on any atom is -0.330 e. The van der Waals surface area contributed by atoms with E-state index in [9.17, 15) is 0 Å². The van der Waals surface area contributed by atoms with Crippen molar-refractivity contribution in [3.8, 4) is 0 Å². The van der Waals surface area contributed by atoms with E-state index in [0.29, 0.717) is 0 Å². The third-order valence-electron chi connectivity index (χ3n) is 6.02. The van der Waals surface area contributed by atoms with Gasteiger partial charge in [-0.3, -0.25) is 9.80 Å². The predicted octanol–water partition coefficient (Wildman–Crippen LogP) is -0.0239. The SMILES string of the molecule is C1CC2C[NH+]3CCCC3CN3CCCC3CN2C1. The van der Waals surface area contributed by atoms with Crippen molar-refractivity contribution in [1.82, 2.24) is 9.80 Å². The summed E-state index contributed by atoms with van der Waals surface area (Å²) in [4.78, 5) is 7.63. The van der Waals surface area contributed by atoms with Crippen LogP contribution >= 0.6 is 0 Å².